The van der Waals surface area contributed by atoms with Crippen LogP contribution in [0, 0.1) is 5.92 Å². The fourth-order valence-corrected chi connectivity index (χ4v) is 15.0. The molecule has 0 radical (unpaired) electrons. The van der Waals surface area contributed by atoms with Crippen LogP contribution >= 0.6 is 0 Å². The molecule has 4 aromatic rings. The largest absolute Gasteiger partial charge is 0.497 e. The Morgan fingerprint density at radius 3 is 2.34 bits per heavy atom. The molecule has 3 saturated heterocycles. The molecule has 58 heavy (non-hydrogen) atoms. The number of nitrogens with zero attached hydrogens (tertiary/aromatic N) is 3. The van der Waals surface area contributed by atoms with Crippen molar-refractivity contribution in [1.82, 2.24) is 10.2 Å². The Bertz CT molecular complexity index is 2230. The zero-order chi connectivity index (χ0) is 40.4. The molecule has 3 fully saturated rings. The van der Waals surface area contributed by atoms with E-state index in [-0.39, 0.29) is 48.3 Å². The molecule has 5 aliphatic rings. The number of hydrogen-bond acceptors (Lipinski definition) is 8. The maximum Gasteiger partial charge on any atom is 0.261 e. The lowest BCUT2D eigenvalue weighted by Gasteiger charge is -2.39. The average molecular weight is 800 g/mol. The molecule has 5 aliphatic heterocycles. The van der Waals surface area contributed by atoms with Crippen LogP contribution in [-0.4, -0.2) is 87.0 Å². The fourth-order valence-electron chi connectivity index (χ4n) is 11.0. The number of aliphatic hydroxyl groups excluding tert-OH is 1. The van der Waals surface area contributed by atoms with Crippen LogP contribution in [0.2, 0.25) is 18.6 Å². The van der Waals surface area contributed by atoms with Crippen molar-refractivity contribution in [2.45, 2.75) is 81.1 Å². The molecule has 302 valence electrons. The van der Waals surface area contributed by atoms with Crippen LogP contribution in [0.15, 0.2) is 97.1 Å². The summed E-state index contributed by atoms with van der Waals surface area (Å²) in [5, 5.41) is 18.3. The first-order valence-corrected chi connectivity index (χ1v) is 23.7. The van der Waals surface area contributed by atoms with Gasteiger partial charge in [-0.2, -0.15) is 0 Å². The van der Waals surface area contributed by atoms with Crippen LogP contribution in [0.4, 0.5) is 17.1 Å². The predicted octanol–water partition coefficient (Wildman–Crippen LogP) is 5.13. The molecule has 3 N–H and O–H groups in total. The average Bonchev–Trinajstić information content (AvgIpc) is 3.82. The first kappa shape index (κ1) is 38.5. The van der Waals surface area contributed by atoms with Gasteiger partial charge in [0.15, 0.2) is 5.60 Å². The number of methoxy groups -OCH3 is 1. The SMILES string of the molecule is COc1ccc([Si](C)(C)[C@@H]2[C@@H](CC(=O)N3Cc4ccccc4C[C@H]3CO)O[C@]3(C(=O)Nc4ccc(N5CN(c6ccccc6)C6(CCNCC6)C5=O)cc43)[C@H]2C)cc1. The number of carbonyl (C=O) groups excluding carboxylic acids is 3. The van der Waals surface area contributed by atoms with E-state index in [4.69, 9.17) is 9.47 Å². The number of piperidine rings is 1. The van der Waals surface area contributed by atoms with Gasteiger partial charge in [0.25, 0.3) is 11.8 Å². The molecule has 5 heterocycles. The summed E-state index contributed by atoms with van der Waals surface area (Å²) in [7, 11) is -0.880. The maximum atomic E-state index is 14.7. The van der Waals surface area contributed by atoms with Crippen LogP contribution in [0.1, 0.15) is 42.9 Å². The van der Waals surface area contributed by atoms with Crippen LogP contribution in [-0.2, 0) is 37.7 Å². The van der Waals surface area contributed by atoms with Crippen LogP contribution in [0.25, 0.3) is 0 Å². The second kappa shape index (κ2) is 14.7. The molecule has 11 nitrogen and oxygen atoms in total. The summed E-state index contributed by atoms with van der Waals surface area (Å²) in [6.07, 6.45) is 1.43. The van der Waals surface area contributed by atoms with E-state index in [0.29, 0.717) is 49.4 Å². The van der Waals surface area contributed by atoms with Gasteiger partial charge in [0.05, 0.1) is 47.0 Å². The second-order valence-electron chi connectivity index (χ2n) is 17.3. The van der Waals surface area contributed by atoms with Crippen molar-refractivity contribution in [3.05, 3.63) is 114 Å². The minimum Gasteiger partial charge on any atom is -0.497 e. The van der Waals surface area contributed by atoms with E-state index in [1.807, 2.05) is 71.6 Å². The Morgan fingerprint density at radius 1 is 0.931 bits per heavy atom. The Morgan fingerprint density at radius 2 is 1.64 bits per heavy atom. The number of fused-ring (bicyclic) bond motifs is 3. The number of nitrogens with one attached hydrogen (secondary N) is 2. The summed E-state index contributed by atoms with van der Waals surface area (Å²) in [5.41, 5.74) is 3.07. The van der Waals surface area contributed by atoms with Crippen molar-refractivity contribution >= 4 is 48.0 Å². The molecular formula is C46H53N5O6Si. The third kappa shape index (κ3) is 5.98. The highest BCUT2D eigenvalue weighted by Crippen LogP contribution is 2.59. The van der Waals surface area contributed by atoms with Crippen molar-refractivity contribution in [2.75, 3.05) is 48.6 Å². The zero-order valence-electron chi connectivity index (χ0n) is 33.7. The highest BCUT2D eigenvalue weighted by molar-refractivity contribution is 6.91. The normalized spacial score (nSPS) is 26.3. The van der Waals surface area contributed by atoms with Crippen molar-refractivity contribution in [1.29, 1.82) is 0 Å². The van der Waals surface area contributed by atoms with E-state index in [1.165, 1.54) is 5.19 Å². The summed E-state index contributed by atoms with van der Waals surface area (Å²) >= 11 is 0. The minimum atomic E-state index is -2.53. The molecule has 12 heteroatoms. The van der Waals surface area contributed by atoms with Gasteiger partial charge >= 0.3 is 0 Å². The second-order valence-corrected chi connectivity index (χ2v) is 22.0. The van der Waals surface area contributed by atoms with Crippen LogP contribution < -0.4 is 30.4 Å². The predicted molar refractivity (Wildman–Crippen MR) is 227 cm³/mol. The van der Waals surface area contributed by atoms with Gasteiger partial charge in [-0.1, -0.05) is 79.8 Å². The number of anilines is 3. The van der Waals surface area contributed by atoms with Crippen LogP contribution in [0.3, 0.4) is 0 Å². The van der Waals surface area contributed by atoms with Crippen molar-refractivity contribution in [2.24, 2.45) is 5.92 Å². The highest BCUT2D eigenvalue weighted by atomic mass is 28.3. The third-order valence-corrected chi connectivity index (χ3v) is 18.4. The lowest BCUT2D eigenvalue weighted by atomic mass is 9.82. The minimum absolute atomic E-state index is 0.0560. The van der Waals surface area contributed by atoms with E-state index in [2.05, 4.69) is 65.9 Å². The molecule has 2 spiro atoms. The summed E-state index contributed by atoms with van der Waals surface area (Å²) in [4.78, 5) is 49.9. The van der Waals surface area contributed by atoms with Crippen LogP contribution in [0.5, 0.6) is 5.75 Å². The van der Waals surface area contributed by atoms with Gasteiger partial charge in [-0.3, -0.25) is 19.3 Å². The van der Waals surface area contributed by atoms with E-state index < -0.39 is 25.3 Å². The molecule has 5 atom stereocenters. The van der Waals surface area contributed by atoms with E-state index in [9.17, 15) is 19.5 Å². The Balaban J connectivity index is 1.10. The number of hydrogen-bond donors (Lipinski definition) is 3. The first-order valence-electron chi connectivity index (χ1n) is 20.6. The Kier molecular flexibility index (Phi) is 9.74. The van der Waals surface area contributed by atoms with Gasteiger partial charge in [0.1, 0.15) is 11.3 Å². The molecule has 0 aliphatic carbocycles. The third-order valence-electron chi connectivity index (χ3n) is 14.1. The monoisotopic (exact) mass is 799 g/mol. The van der Waals surface area contributed by atoms with Gasteiger partial charge in [-0.15, -0.1) is 0 Å². The molecule has 0 aromatic heterocycles. The number of ether oxygens (including phenoxy) is 2. The van der Waals surface area contributed by atoms with Crippen molar-refractivity contribution in [3.63, 3.8) is 0 Å². The molecule has 9 rings (SSSR count). The number of para-hydroxylation sites is 1. The van der Waals surface area contributed by atoms with Gasteiger partial charge < -0.3 is 35.0 Å². The molecular weight excluding hydrogens is 747 g/mol. The lowest BCUT2D eigenvalue weighted by Crippen LogP contribution is -2.55. The maximum absolute atomic E-state index is 14.7. The van der Waals surface area contributed by atoms with E-state index >= 15 is 0 Å². The number of benzene rings is 4. The molecule has 0 unspecified atom stereocenters. The lowest BCUT2D eigenvalue weighted by molar-refractivity contribution is -0.149. The number of carbonyl (C=O) groups is 3. The standard InChI is InChI=1S/C46H53N5O6Si/c1-30-42(58(3,4)37-17-15-36(56-2)16-18-37)40(26-41(53)49-27-32-11-9-8-10-31(32)24-35(49)28-52)57-46(30)38-25-34(14-19-39(38)48-43(46)54)50-29-51(33-12-6-5-7-13-33)45(44(50)55)20-22-47-23-21-45/h5-19,25,30,35,40,42,47,52H,20-24,26-29H2,1-4H3,(H,48,54)/t30-,35-,40+,42-,46+/m0/s1. The van der Waals surface area contributed by atoms with Crippen molar-refractivity contribution in [3.8, 4) is 5.75 Å². The number of rotatable bonds is 8. The van der Waals surface area contributed by atoms with E-state index in [0.717, 1.165) is 35.7 Å². The molecule has 0 bridgehead atoms. The fraction of sp³-hybridized carbons (Fsp3) is 0.413. The Labute approximate surface area is 341 Å². The first-order chi connectivity index (χ1) is 28.0. The van der Waals surface area contributed by atoms with Crippen molar-refractivity contribution < 1.29 is 29.0 Å². The van der Waals surface area contributed by atoms with Gasteiger partial charge in [-0.25, -0.2) is 0 Å². The highest BCUT2D eigenvalue weighted by Gasteiger charge is 2.65. The molecule has 4 aromatic carbocycles. The summed E-state index contributed by atoms with van der Waals surface area (Å²) in [6, 6.07) is 31.9. The smallest absolute Gasteiger partial charge is 0.261 e. The number of aliphatic hydroxyl groups is 1. The zero-order valence-corrected chi connectivity index (χ0v) is 34.7. The topological polar surface area (TPSA) is 124 Å². The summed E-state index contributed by atoms with van der Waals surface area (Å²) in [6.45, 7) is 8.84. The van der Waals surface area contributed by atoms with Gasteiger partial charge in [0, 0.05) is 35.1 Å². The molecule has 3 amide bonds. The number of amides is 3. The summed E-state index contributed by atoms with van der Waals surface area (Å²) in [5.74, 6) is 0.140. The van der Waals surface area contributed by atoms with Gasteiger partial charge in [0.2, 0.25) is 5.91 Å². The summed E-state index contributed by atoms with van der Waals surface area (Å²) < 4.78 is 12.7. The van der Waals surface area contributed by atoms with Gasteiger partial charge in [-0.05, 0) is 91.5 Å². The van der Waals surface area contributed by atoms with E-state index in [1.54, 1.807) is 12.0 Å². The molecule has 0 saturated carbocycles. The quantitative estimate of drug-likeness (QED) is 0.210. The Hall–Kier alpha value is -5.01.